The summed E-state index contributed by atoms with van der Waals surface area (Å²) in [7, 11) is 0. The third-order valence-corrected chi connectivity index (χ3v) is 7.21. The van der Waals surface area contributed by atoms with Gasteiger partial charge in [-0.2, -0.15) is 0 Å². The van der Waals surface area contributed by atoms with Crippen molar-refractivity contribution >= 4 is 23.2 Å². The van der Waals surface area contributed by atoms with Gasteiger partial charge in [-0.3, -0.25) is 9.79 Å². The normalized spacial score (nSPS) is 24.4. The van der Waals surface area contributed by atoms with E-state index in [1.54, 1.807) is 0 Å². The maximum Gasteiger partial charge on any atom is 0.274 e. The molecular formula is C26H31ClN2O. The highest BCUT2D eigenvalue weighted by Gasteiger charge is 2.50. The van der Waals surface area contributed by atoms with Crippen molar-refractivity contribution in [3.63, 3.8) is 0 Å². The van der Waals surface area contributed by atoms with Crippen molar-refractivity contribution in [1.82, 2.24) is 4.90 Å². The number of nitrogens with zero attached hydrogens (tertiary/aromatic N) is 2. The minimum atomic E-state index is -0.428. The Kier molecular flexibility index (Phi) is 5.76. The molecular weight excluding hydrogens is 392 g/mol. The van der Waals surface area contributed by atoms with Crippen molar-refractivity contribution in [3.8, 4) is 0 Å². The summed E-state index contributed by atoms with van der Waals surface area (Å²) in [6, 6.07) is 17.9. The van der Waals surface area contributed by atoms with Gasteiger partial charge in [0.1, 0.15) is 11.4 Å². The standard InChI is InChI=1S/C26H31ClN2O/c1-25(2,3)20-13-16-26(17-14-20)28-23(21-11-7-8-12-22(21)27)24(30)29(26)18-15-19-9-5-4-6-10-19/h4-12,20H,13-18H2,1-3H3. The van der Waals surface area contributed by atoms with Gasteiger partial charge in [0.2, 0.25) is 0 Å². The molecule has 0 N–H and O–H groups in total. The lowest BCUT2D eigenvalue weighted by Crippen LogP contribution is -2.50. The second-order valence-corrected chi connectivity index (χ2v) is 10.2. The molecule has 2 aliphatic rings. The molecule has 0 aromatic heterocycles. The van der Waals surface area contributed by atoms with Gasteiger partial charge in [0.05, 0.1) is 5.02 Å². The van der Waals surface area contributed by atoms with E-state index in [9.17, 15) is 4.79 Å². The van der Waals surface area contributed by atoms with Gasteiger partial charge in [0.15, 0.2) is 0 Å². The van der Waals surface area contributed by atoms with Crippen LogP contribution >= 0.6 is 11.6 Å². The third kappa shape index (κ3) is 4.05. The molecule has 1 saturated carbocycles. The molecule has 1 amide bonds. The molecule has 1 heterocycles. The second-order valence-electron chi connectivity index (χ2n) is 9.76. The van der Waals surface area contributed by atoms with Crippen LogP contribution in [0.4, 0.5) is 0 Å². The first-order valence-electron chi connectivity index (χ1n) is 11.0. The number of carbonyl (C=O) groups is 1. The fourth-order valence-corrected chi connectivity index (χ4v) is 5.21. The van der Waals surface area contributed by atoms with E-state index in [2.05, 4.69) is 45.0 Å². The molecule has 158 valence electrons. The van der Waals surface area contributed by atoms with E-state index in [1.807, 2.05) is 35.2 Å². The number of halogens is 1. The molecule has 2 aromatic rings. The molecule has 30 heavy (non-hydrogen) atoms. The highest BCUT2D eigenvalue weighted by molar-refractivity contribution is 6.50. The van der Waals surface area contributed by atoms with Crippen LogP contribution in [-0.4, -0.2) is 28.7 Å². The molecule has 4 rings (SSSR count). The van der Waals surface area contributed by atoms with Crippen LogP contribution in [0.3, 0.4) is 0 Å². The number of carbonyl (C=O) groups excluding carboxylic acids is 1. The quantitative estimate of drug-likeness (QED) is 0.581. The van der Waals surface area contributed by atoms with Gasteiger partial charge in [0.25, 0.3) is 5.91 Å². The van der Waals surface area contributed by atoms with Crippen LogP contribution in [0.5, 0.6) is 0 Å². The third-order valence-electron chi connectivity index (χ3n) is 6.88. The predicted octanol–water partition coefficient (Wildman–Crippen LogP) is 6.15. The molecule has 0 unspecified atom stereocenters. The van der Waals surface area contributed by atoms with Gasteiger partial charge in [-0.1, -0.05) is 80.9 Å². The van der Waals surface area contributed by atoms with Crippen LogP contribution in [0, 0.1) is 11.3 Å². The summed E-state index contributed by atoms with van der Waals surface area (Å²) < 4.78 is 0. The van der Waals surface area contributed by atoms with Crippen molar-refractivity contribution in [2.45, 2.75) is 58.5 Å². The minimum Gasteiger partial charge on any atom is -0.312 e. The first-order valence-corrected chi connectivity index (χ1v) is 11.4. The van der Waals surface area contributed by atoms with Crippen LogP contribution in [0.2, 0.25) is 5.02 Å². The van der Waals surface area contributed by atoms with Crippen LogP contribution in [0.15, 0.2) is 59.6 Å². The zero-order valence-corrected chi connectivity index (χ0v) is 19.0. The monoisotopic (exact) mass is 422 g/mol. The Hall–Kier alpha value is -2.13. The Morgan fingerprint density at radius 2 is 1.67 bits per heavy atom. The number of aliphatic imine (C=N–C) groups is 1. The van der Waals surface area contributed by atoms with E-state index in [1.165, 1.54) is 5.56 Å². The lowest BCUT2D eigenvalue weighted by molar-refractivity contribution is -0.129. The molecule has 1 fully saturated rings. The van der Waals surface area contributed by atoms with Crippen molar-refractivity contribution in [2.24, 2.45) is 16.3 Å². The van der Waals surface area contributed by atoms with E-state index in [4.69, 9.17) is 16.6 Å². The number of amides is 1. The number of hydrogen-bond acceptors (Lipinski definition) is 2. The topological polar surface area (TPSA) is 32.7 Å². The first-order chi connectivity index (χ1) is 14.3. The Balaban J connectivity index is 1.64. The summed E-state index contributed by atoms with van der Waals surface area (Å²) in [5, 5.41) is 0.591. The number of rotatable bonds is 4. The maximum atomic E-state index is 13.6. The number of hydrogen-bond donors (Lipinski definition) is 0. The molecule has 0 bridgehead atoms. The molecule has 1 aliphatic carbocycles. The Labute approximate surface area is 185 Å². The van der Waals surface area contributed by atoms with Gasteiger partial charge in [-0.25, -0.2) is 0 Å². The van der Waals surface area contributed by atoms with Gasteiger partial charge in [-0.05, 0) is 55.1 Å². The highest BCUT2D eigenvalue weighted by Crippen LogP contribution is 2.46. The fraction of sp³-hybridized carbons (Fsp3) is 0.462. The molecule has 0 saturated heterocycles. The summed E-state index contributed by atoms with van der Waals surface area (Å²) in [5.74, 6) is 0.682. The summed E-state index contributed by atoms with van der Waals surface area (Å²) in [6.45, 7) is 7.64. The molecule has 0 radical (unpaired) electrons. The van der Waals surface area contributed by atoms with Gasteiger partial charge >= 0.3 is 0 Å². The average Bonchev–Trinajstić information content (AvgIpc) is 2.98. The van der Waals surface area contributed by atoms with E-state index in [0.717, 1.165) is 37.7 Å². The Bertz CT molecular complexity index is 937. The zero-order valence-electron chi connectivity index (χ0n) is 18.2. The maximum absolute atomic E-state index is 13.6. The predicted molar refractivity (Wildman–Crippen MR) is 124 cm³/mol. The van der Waals surface area contributed by atoms with E-state index in [-0.39, 0.29) is 11.3 Å². The van der Waals surface area contributed by atoms with Gasteiger partial charge < -0.3 is 4.90 Å². The minimum absolute atomic E-state index is 0.0215. The lowest BCUT2D eigenvalue weighted by Gasteiger charge is -2.45. The van der Waals surface area contributed by atoms with Crippen LogP contribution < -0.4 is 0 Å². The van der Waals surface area contributed by atoms with Crippen LogP contribution in [0.25, 0.3) is 0 Å². The highest BCUT2D eigenvalue weighted by atomic mass is 35.5. The average molecular weight is 423 g/mol. The van der Waals surface area contributed by atoms with Crippen LogP contribution in [-0.2, 0) is 11.2 Å². The first kappa shape index (κ1) is 21.1. The Morgan fingerprint density at radius 1 is 1.03 bits per heavy atom. The summed E-state index contributed by atoms with van der Waals surface area (Å²) in [4.78, 5) is 20.7. The summed E-state index contributed by atoms with van der Waals surface area (Å²) >= 11 is 6.45. The second kappa shape index (κ2) is 8.19. The van der Waals surface area contributed by atoms with Gasteiger partial charge in [-0.15, -0.1) is 0 Å². The molecule has 0 atom stereocenters. The lowest BCUT2D eigenvalue weighted by atomic mass is 9.69. The largest absolute Gasteiger partial charge is 0.312 e. The molecule has 1 spiro atoms. The molecule has 4 heteroatoms. The zero-order chi connectivity index (χ0) is 21.4. The fourth-order valence-electron chi connectivity index (χ4n) is 4.98. The number of benzene rings is 2. The smallest absolute Gasteiger partial charge is 0.274 e. The van der Waals surface area contributed by atoms with Crippen molar-refractivity contribution in [1.29, 1.82) is 0 Å². The van der Waals surface area contributed by atoms with Crippen molar-refractivity contribution in [3.05, 3.63) is 70.7 Å². The molecule has 2 aromatic carbocycles. The summed E-state index contributed by atoms with van der Waals surface area (Å²) in [6.07, 6.45) is 4.87. The van der Waals surface area contributed by atoms with Crippen molar-refractivity contribution in [2.75, 3.05) is 6.54 Å². The SMILES string of the molecule is CC(C)(C)C1CCC2(CC1)N=C(c1ccccc1Cl)C(=O)N2CCc1ccccc1. The van der Waals surface area contributed by atoms with Crippen LogP contribution in [0.1, 0.15) is 57.6 Å². The van der Waals surface area contributed by atoms with Gasteiger partial charge in [0, 0.05) is 12.1 Å². The van der Waals surface area contributed by atoms with E-state index < -0.39 is 5.66 Å². The molecule has 1 aliphatic heterocycles. The molecule has 3 nitrogen and oxygen atoms in total. The van der Waals surface area contributed by atoms with Crippen molar-refractivity contribution < 1.29 is 4.79 Å². The summed E-state index contributed by atoms with van der Waals surface area (Å²) in [5.41, 5.74) is 2.39. The van der Waals surface area contributed by atoms with E-state index >= 15 is 0 Å². The Morgan fingerprint density at radius 3 is 2.30 bits per heavy atom. The van der Waals surface area contributed by atoms with E-state index in [0.29, 0.717) is 23.2 Å².